The fourth-order valence-corrected chi connectivity index (χ4v) is 0.790. The molecule has 0 unspecified atom stereocenters. The van der Waals surface area contributed by atoms with E-state index in [9.17, 15) is 0 Å². The van der Waals surface area contributed by atoms with Crippen molar-refractivity contribution in [2.24, 2.45) is 0 Å². The van der Waals surface area contributed by atoms with Crippen molar-refractivity contribution in [1.82, 2.24) is 4.90 Å². The van der Waals surface area contributed by atoms with Crippen molar-refractivity contribution in [2.45, 2.75) is 54.4 Å². The molecule has 0 amide bonds. The molecule has 0 N–H and O–H groups in total. The van der Waals surface area contributed by atoms with Gasteiger partial charge in [-0.2, -0.15) is 0 Å². The Bertz CT molecular complexity index is 53.0. The summed E-state index contributed by atoms with van der Waals surface area (Å²) in [6, 6.07) is 0. The lowest BCUT2D eigenvalue weighted by Gasteiger charge is -2.12. The second-order valence-corrected chi connectivity index (χ2v) is 2.60. The summed E-state index contributed by atoms with van der Waals surface area (Å²) in [5, 5.41) is 0. The van der Waals surface area contributed by atoms with Crippen LogP contribution in [0.15, 0.2) is 0 Å². The van der Waals surface area contributed by atoms with Crippen LogP contribution >= 0.6 is 0 Å². The average molecular weight is 175 g/mol. The molecule has 1 nitrogen and oxygen atoms in total. The van der Waals surface area contributed by atoms with Gasteiger partial charge in [-0.05, 0) is 26.6 Å². The molecule has 0 bridgehead atoms. The predicted molar refractivity (Wildman–Crippen MR) is 60.8 cm³/mol. The molecular formula is C11H29N. The van der Waals surface area contributed by atoms with Crippen LogP contribution in [-0.4, -0.2) is 25.0 Å². The molecule has 0 radical (unpaired) electrons. The Hall–Kier alpha value is -0.0400. The summed E-state index contributed by atoms with van der Waals surface area (Å²) in [5.74, 6) is 0. The van der Waals surface area contributed by atoms with Crippen molar-refractivity contribution >= 4 is 0 Å². The van der Waals surface area contributed by atoms with Crippen molar-refractivity contribution in [1.29, 1.82) is 0 Å². The number of hydrogen-bond acceptors (Lipinski definition) is 1. The molecule has 0 aliphatic heterocycles. The Morgan fingerprint density at radius 3 is 1.83 bits per heavy atom. The molecule has 1 heteroatoms. The maximum absolute atomic E-state index is 2.36. The summed E-state index contributed by atoms with van der Waals surface area (Å²) in [6.07, 6.45) is 4.07. The van der Waals surface area contributed by atoms with Crippen molar-refractivity contribution in [3.05, 3.63) is 0 Å². The van der Waals surface area contributed by atoms with E-state index in [0.29, 0.717) is 0 Å². The highest BCUT2D eigenvalue weighted by molar-refractivity contribution is 4.46. The van der Waals surface area contributed by atoms with Gasteiger partial charge in [0.1, 0.15) is 0 Å². The van der Waals surface area contributed by atoms with Gasteiger partial charge >= 0.3 is 0 Å². The van der Waals surface area contributed by atoms with E-state index in [1.165, 1.54) is 32.4 Å². The van der Waals surface area contributed by atoms with Crippen molar-refractivity contribution in [3.8, 4) is 0 Å². The van der Waals surface area contributed by atoms with Crippen LogP contribution in [0, 0.1) is 0 Å². The normalized spacial score (nSPS) is 8.50. The summed E-state index contributed by atoms with van der Waals surface area (Å²) in [4.78, 5) is 2.36. The third kappa shape index (κ3) is 16.5. The fourth-order valence-electron chi connectivity index (χ4n) is 0.790. The molecule has 0 rings (SSSR count). The highest BCUT2D eigenvalue weighted by Gasteiger charge is 1.91. The number of rotatable bonds is 5. The zero-order valence-corrected chi connectivity index (χ0v) is 8.98. The summed E-state index contributed by atoms with van der Waals surface area (Å²) in [5.41, 5.74) is 0. The number of hydrogen-bond donors (Lipinski definition) is 0. The molecule has 0 aromatic heterocycles. The van der Waals surface area contributed by atoms with Gasteiger partial charge in [-0.1, -0.05) is 48.0 Å². The topological polar surface area (TPSA) is 3.24 Å². The van der Waals surface area contributed by atoms with E-state index >= 15 is 0 Å². The lowest BCUT2D eigenvalue weighted by atomic mass is 10.2. The van der Waals surface area contributed by atoms with Crippen molar-refractivity contribution in [3.63, 3.8) is 0 Å². The van der Waals surface area contributed by atoms with Crippen molar-refractivity contribution in [2.75, 3.05) is 20.1 Å². The lowest BCUT2D eigenvalue weighted by Crippen LogP contribution is -2.18. The Morgan fingerprint density at radius 1 is 1.00 bits per heavy atom. The minimum Gasteiger partial charge on any atom is -0.307 e. The SMILES string of the molecule is C.CC.CCCCCN(C)CC. The Labute approximate surface area is 80.2 Å². The second kappa shape index (κ2) is 17.2. The predicted octanol–water partition coefficient (Wildman–Crippen LogP) is 3.79. The van der Waals surface area contributed by atoms with Crippen LogP contribution in [0.4, 0.5) is 0 Å². The molecule has 12 heavy (non-hydrogen) atoms. The monoisotopic (exact) mass is 175 g/mol. The van der Waals surface area contributed by atoms with E-state index in [4.69, 9.17) is 0 Å². The minimum atomic E-state index is 0. The van der Waals surface area contributed by atoms with Gasteiger partial charge in [0.2, 0.25) is 0 Å². The maximum atomic E-state index is 2.36. The number of unbranched alkanes of at least 4 members (excludes halogenated alkanes) is 2. The first-order chi connectivity index (χ1) is 5.31. The van der Waals surface area contributed by atoms with E-state index in [-0.39, 0.29) is 7.43 Å². The zero-order chi connectivity index (χ0) is 9.11. The zero-order valence-electron chi connectivity index (χ0n) is 8.98. The summed E-state index contributed by atoms with van der Waals surface area (Å²) >= 11 is 0. The van der Waals surface area contributed by atoms with Crippen LogP contribution < -0.4 is 0 Å². The standard InChI is InChI=1S/C8H19N.C2H6.CH4/c1-4-6-7-8-9(3)5-2;1-2;/h4-8H2,1-3H3;1-2H3;1H4. The van der Waals surface area contributed by atoms with Gasteiger partial charge in [0, 0.05) is 0 Å². The quantitative estimate of drug-likeness (QED) is 0.575. The molecule has 0 aliphatic rings. The first-order valence-corrected chi connectivity index (χ1v) is 4.99. The van der Waals surface area contributed by atoms with Gasteiger partial charge in [0.25, 0.3) is 0 Å². The van der Waals surface area contributed by atoms with E-state index < -0.39 is 0 Å². The molecule has 0 saturated heterocycles. The Morgan fingerprint density at radius 2 is 1.50 bits per heavy atom. The number of nitrogens with zero attached hydrogens (tertiary/aromatic N) is 1. The van der Waals surface area contributed by atoms with Crippen LogP contribution in [0.5, 0.6) is 0 Å². The largest absolute Gasteiger partial charge is 0.307 e. The Balaban J connectivity index is -0.000000249. The maximum Gasteiger partial charge on any atom is -0.00219 e. The summed E-state index contributed by atoms with van der Waals surface area (Å²) < 4.78 is 0. The Kier molecular flexibility index (Phi) is 25.6. The molecule has 0 heterocycles. The van der Waals surface area contributed by atoms with E-state index in [1.807, 2.05) is 13.8 Å². The van der Waals surface area contributed by atoms with Gasteiger partial charge in [-0.15, -0.1) is 0 Å². The lowest BCUT2D eigenvalue weighted by molar-refractivity contribution is 0.343. The van der Waals surface area contributed by atoms with Gasteiger partial charge in [-0.3, -0.25) is 0 Å². The van der Waals surface area contributed by atoms with Crippen LogP contribution in [0.25, 0.3) is 0 Å². The molecule has 78 valence electrons. The first kappa shape index (κ1) is 17.9. The molecule has 0 fully saturated rings. The fraction of sp³-hybridized carbons (Fsp3) is 1.00. The average Bonchev–Trinajstić information content (AvgIpc) is 2.08. The van der Waals surface area contributed by atoms with Crippen LogP contribution in [0.1, 0.15) is 54.4 Å². The van der Waals surface area contributed by atoms with Gasteiger partial charge < -0.3 is 4.90 Å². The van der Waals surface area contributed by atoms with Crippen LogP contribution in [-0.2, 0) is 0 Å². The molecule has 0 atom stereocenters. The third-order valence-corrected chi connectivity index (χ3v) is 1.68. The molecule has 0 aromatic rings. The highest BCUT2D eigenvalue weighted by Crippen LogP contribution is 1.94. The molecular weight excluding hydrogens is 146 g/mol. The van der Waals surface area contributed by atoms with Gasteiger partial charge in [-0.25, -0.2) is 0 Å². The summed E-state index contributed by atoms with van der Waals surface area (Å²) in [7, 11) is 2.18. The van der Waals surface area contributed by atoms with E-state index in [2.05, 4.69) is 25.8 Å². The molecule has 0 aliphatic carbocycles. The molecule has 0 aromatic carbocycles. The van der Waals surface area contributed by atoms with Gasteiger partial charge in [0.05, 0.1) is 0 Å². The van der Waals surface area contributed by atoms with Gasteiger partial charge in [0.15, 0.2) is 0 Å². The van der Waals surface area contributed by atoms with Crippen LogP contribution in [0.3, 0.4) is 0 Å². The molecule has 0 spiro atoms. The second-order valence-electron chi connectivity index (χ2n) is 2.60. The minimum absolute atomic E-state index is 0. The van der Waals surface area contributed by atoms with Crippen molar-refractivity contribution < 1.29 is 0 Å². The summed E-state index contributed by atoms with van der Waals surface area (Å²) in [6.45, 7) is 10.9. The van der Waals surface area contributed by atoms with Crippen LogP contribution in [0.2, 0.25) is 0 Å². The first-order valence-electron chi connectivity index (χ1n) is 4.99. The van der Waals surface area contributed by atoms with E-state index in [1.54, 1.807) is 0 Å². The highest BCUT2D eigenvalue weighted by atomic mass is 15.1. The molecule has 0 saturated carbocycles. The van der Waals surface area contributed by atoms with E-state index in [0.717, 1.165) is 0 Å². The third-order valence-electron chi connectivity index (χ3n) is 1.68. The smallest absolute Gasteiger partial charge is 0.00219 e.